The van der Waals surface area contributed by atoms with Crippen molar-refractivity contribution in [1.82, 2.24) is 14.7 Å². The van der Waals surface area contributed by atoms with Gasteiger partial charge in [-0.25, -0.2) is 18.1 Å². The molecule has 2 fully saturated rings. The van der Waals surface area contributed by atoms with Gasteiger partial charge in [-0.1, -0.05) is 11.6 Å². The number of nitrogens with one attached hydrogen (secondary N) is 2. The fraction of sp³-hybridized carbons (Fsp3) is 0.500. The topological polar surface area (TPSA) is 110 Å². The summed E-state index contributed by atoms with van der Waals surface area (Å²) in [6.07, 6.45) is 5.04. The number of hydrogen-bond acceptors (Lipinski definition) is 5. The van der Waals surface area contributed by atoms with Crippen LogP contribution in [0.25, 0.3) is 11.0 Å². The fourth-order valence-electron chi connectivity index (χ4n) is 3.69. The van der Waals surface area contributed by atoms with Crippen molar-refractivity contribution in [1.29, 1.82) is 0 Å². The number of pyridine rings is 1. The highest BCUT2D eigenvalue weighted by atomic mass is 35.5. The molecule has 2 aliphatic rings. The van der Waals surface area contributed by atoms with Gasteiger partial charge in [0.05, 0.1) is 28.2 Å². The zero-order chi connectivity index (χ0) is 16.3. The molecule has 3 heterocycles. The number of hydrogen-bond donors (Lipinski definition) is 3. The zero-order valence-corrected chi connectivity index (χ0v) is 13.9. The number of halogens is 1. The van der Waals surface area contributed by atoms with E-state index in [2.05, 4.69) is 14.7 Å². The molecule has 2 aromatic rings. The van der Waals surface area contributed by atoms with Crippen LogP contribution >= 0.6 is 11.6 Å². The molecular weight excluding hydrogens is 340 g/mol. The Morgan fingerprint density at radius 1 is 1.48 bits per heavy atom. The third-order valence-corrected chi connectivity index (χ3v) is 6.79. The highest BCUT2D eigenvalue weighted by Crippen LogP contribution is 2.47. The maximum Gasteiger partial charge on any atom is 0.243 e. The summed E-state index contributed by atoms with van der Waals surface area (Å²) in [5.41, 5.74) is 5.26. The molecule has 0 radical (unpaired) electrons. The molecule has 124 valence electrons. The lowest BCUT2D eigenvalue weighted by atomic mass is 10.0. The van der Waals surface area contributed by atoms with Crippen molar-refractivity contribution in [3.05, 3.63) is 23.5 Å². The van der Waals surface area contributed by atoms with E-state index in [0.717, 1.165) is 12.8 Å². The first-order valence-electron chi connectivity index (χ1n) is 7.38. The number of sulfonamides is 1. The van der Waals surface area contributed by atoms with Crippen LogP contribution in [0.5, 0.6) is 0 Å². The standard InChI is InChI=1S/C14H17ClN4O3S/c15-9-1-4-17-12-11(9)10(5-18-12)23(20,21)19-13-2-3-14(6-13,7-16)22-8-13/h1,4-5,19H,2-3,6-8,16H2,(H,17,18). The van der Waals surface area contributed by atoms with Gasteiger partial charge in [-0.15, -0.1) is 0 Å². The Labute approximate surface area is 138 Å². The molecule has 1 saturated heterocycles. The second-order valence-electron chi connectivity index (χ2n) is 6.41. The number of nitrogens with zero attached hydrogens (tertiary/aromatic N) is 1. The van der Waals surface area contributed by atoms with E-state index in [4.69, 9.17) is 22.1 Å². The Hall–Kier alpha value is -1.19. The van der Waals surface area contributed by atoms with Crippen LogP contribution in [-0.2, 0) is 14.8 Å². The van der Waals surface area contributed by atoms with Crippen LogP contribution in [0.3, 0.4) is 0 Å². The summed E-state index contributed by atoms with van der Waals surface area (Å²) in [6.45, 7) is 0.747. The van der Waals surface area contributed by atoms with Gasteiger partial charge in [0.15, 0.2) is 0 Å². The lowest BCUT2D eigenvalue weighted by molar-refractivity contribution is -0.0136. The Balaban J connectivity index is 1.71. The van der Waals surface area contributed by atoms with Gasteiger partial charge in [-0.2, -0.15) is 0 Å². The van der Waals surface area contributed by atoms with Crippen molar-refractivity contribution in [2.75, 3.05) is 13.2 Å². The molecule has 4 N–H and O–H groups in total. The van der Waals surface area contributed by atoms with Gasteiger partial charge < -0.3 is 15.5 Å². The Bertz CT molecular complexity index is 871. The van der Waals surface area contributed by atoms with Crippen LogP contribution in [0.2, 0.25) is 5.02 Å². The minimum Gasteiger partial charge on any atom is -0.372 e. The van der Waals surface area contributed by atoms with Crippen LogP contribution in [-0.4, -0.2) is 42.7 Å². The summed E-state index contributed by atoms with van der Waals surface area (Å²) < 4.78 is 34.4. The van der Waals surface area contributed by atoms with Gasteiger partial charge in [0.2, 0.25) is 10.0 Å². The first-order valence-corrected chi connectivity index (χ1v) is 9.25. The number of fused-ring (bicyclic) bond motifs is 3. The molecule has 2 atom stereocenters. The molecule has 4 rings (SSSR count). The molecule has 0 amide bonds. The molecule has 9 heteroatoms. The predicted octanol–water partition coefficient (Wildman–Crippen LogP) is 1.14. The zero-order valence-electron chi connectivity index (χ0n) is 12.3. The van der Waals surface area contributed by atoms with E-state index in [0.29, 0.717) is 35.6 Å². The van der Waals surface area contributed by atoms with Crippen molar-refractivity contribution < 1.29 is 13.2 Å². The Kier molecular flexibility index (Phi) is 3.27. The average Bonchev–Trinajstić information content (AvgIpc) is 3.18. The number of rotatable bonds is 4. The maximum absolute atomic E-state index is 12.9. The maximum atomic E-state index is 12.9. The SMILES string of the molecule is NCC12CCC(NS(=O)(=O)c3c[nH]c4nccc(Cl)c34)(CO1)C2. The molecule has 23 heavy (non-hydrogen) atoms. The summed E-state index contributed by atoms with van der Waals surface area (Å²) in [5, 5.41) is 0.750. The van der Waals surface area contributed by atoms with E-state index >= 15 is 0 Å². The number of nitrogens with two attached hydrogens (primary N) is 1. The van der Waals surface area contributed by atoms with Crippen molar-refractivity contribution in [2.24, 2.45) is 5.73 Å². The van der Waals surface area contributed by atoms with E-state index in [1.165, 1.54) is 12.4 Å². The van der Waals surface area contributed by atoms with E-state index in [1.54, 1.807) is 6.07 Å². The number of aromatic amines is 1. The van der Waals surface area contributed by atoms with E-state index in [-0.39, 0.29) is 10.5 Å². The monoisotopic (exact) mass is 356 g/mol. The predicted molar refractivity (Wildman–Crippen MR) is 85.7 cm³/mol. The van der Waals surface area contributed by atoms with Gasteiger partial charge in [0.25, 0.3) is 0 Å². The van der Waals surface area contributed by atoms with Crippen molar-refractivity contribution in [3.63, 3.8) is 0 Å². The highest BCUT2D eigenvalue weighted by Gasteiger charge is 2.56. The van der Waals surface area contributed by atoms with Crippen molar-refractivity contribution in [3.8, 4) is 0 Å². The highest BCUT2D eigenvalue weighted by molar-refractivity contribution is 7.89. The second kappa shape index (κ2) is 4.90. The number of aromatic nitrogens is 2. The number of ether oxygens (including phenoxy) is 1. The molecule has 0 spiro atoms. The van der Waals surface area contributed by atoms with Crippen LogP contribution in [0.4, 0.5) is 0 Å². The summed E-state index contributed by atoms with van der Waals surface area (Å²) >= 11 is 6.15. The summed E-state index contributed by atoms with van der Waals surface area (Å²) in [5.74, 6) is 0. The molecule has 2 bridgehead atoms. The van der Waals surface area contributed by atoms with Crippen LogP contribution in [0.15, 0.2) is 23.4 Å². The van der Waals surface area contributed by atoms with Gasteiger partial charge in [0.1, 0.15) is 10.5 Å². The third kappa shape index (κ3) is 2.28. The van der Waals surface area contributed by atoms with E-state index in [9.17, 15) is 8.42 Å². The lowest BCUT2D eigenvalue weighted by Crippen LogP contribution is -2.47. The molecule has 7 nitrogen and oxygen atoms in total. The van der Waals surface area contributed by atoms with Gasteiger partial charge >= 0.3 is 0 Å². The molecule has 2 aromatic heterocycles. The van der Waals surface area contributed by atoms with Crippen LogP contribution < -0.4 is 10.5 Å². The van der Waals surface area contributed by atoms with Gasteiger partial charge in [0, 0.05) is 18.9 Å². The molecule has 1 saturated carbocycles. The van der Waals surface area contributed by atoms with E-state index in [1.807, 2.05) is 0 Å². The largest absolute Gasteiger partial charge is 0.372 e. The molecular formula is C14H17ClN4O3S. The van der Waals surface area contributed by atoms with Crippen molar-refractivity contribution in [2.45, 2.75) is 35.3 Å². The molecule has 1 aliphatic heterocycles. The summed E-state index contributed by atoms with van der Waals surface area (Å²) in [7, 11) is -3.75. The normalized spacial score (nSPS) is 30.3. The Morgan fingerprint density at radius 3 is 2.96 bits per heavy atom. The molecule has 1 aliphatic carbocycles. The molecule has 2 unspecified atom stereocenters. The van der Waals surface area contributed by atoms with Crippen LogP contribution in [0.1, 0.15) is 19.3 Å². The van der Waals surface area contributed by atoms with Crippen molar-refractivity contribution >= 4 is 32.7 Å². The van der Waals surface area contributed by atoms with E-state index < -0.39 is 15.6 Å². The minimum atomic E-state index is -3.75. The molecule has 0 aromatic carbocycles. The summed E-state index contributed by atoms with van der Waals surface area (Å²) in [4.78, 5) is 7.07. The lowest BCUT2D eigenvalue weighted by Gasteiger charge is -2.28. The Morgan fingerprint density at radius 2 is 2.30 bits per heavy atom. The van der Waals surface area contributed by atoms with Crippen LogP contribution in [0, 0.1) is 0 Å². The quantitative estimate of drug-likeness (QED) is 0.761. The smallest absolute Gasteiger partial charge is 0.243 e. The first-order chi connectivity index (χ1) is 10.9. The second-order valence-corrected chi connectivity index (χ2v) is 8.47. The minimum absolute atomic E-state index is 0.108. The number of H-pyrrole nitrogens is 1. The average molecular weight is 357 g/mol. The van der Waals surface area contributed by atoms with Gasteiger partial charge in [-0.3, -0.25) is 0 Å². The first kappa shape index (κ1) is 15.3. The fourth-order valence-corrected chi connectivity index (χ4v) is 5.59. The van der Waals surface area contributed by atoms with Gasteiger partial charge in [-0.05, 0) is 25.3 Å². The summed E-state index contributed by atoms with van der Waals surface area (Å²) in [6, 6.07) is 1.57. The third-order valence-electron chi connectivity index (χ3n) is 4.87.